The summed E-state index contributed by atoms with van der Waals surface area (Å²) in [5, 5.41) is 8.60. The molecule has 6 aromatic rings. The van der Waals surface area contributed by atoms with Crippen LogP contribution in [0.25, 0.3) is 21.5 Å². The molecule has 0 saturated heterocycles. The summed E-state index contributed by atoms with van der Waals surface area (Å²) in [6.07, 6.45) is 0. The highest BCUT2D eigenvalue weighted by atomic mass is 15.1. The van der Waals surface area contributed by atoms with E-state index in [0.29, 0.717) is 0 Å². The summed E-state index contributed by atoms with van der Waals surface area (Å²) < 4.78 is 0. The van der Waals surface area contributed by atoms with Gasteiger partial charge in [0.15, 0.2) is 0 Å². The van der Waals surface area contributed by atoms with E-state index in [1.165, 1.54) is 27.1 Å². The Morgan fingerprint density at radius 2 is 0.943 bits per heavy atom. The molecule has 2 nitrogen and oxygen atoms in total. The van der Waals surface area contributed by atoms with Crippen LogP contribution >= 0.6 is 0 Å². The fourth-order valence-corrected chi connectivity index (χ4v) is 4.60. The maximum absolute atomic E-state index is 3.58. The molecule has 0 saturated carbocycles. The summed E-state index contributed by atoms with van der Waals surface area (Å²) in [6.45, 7) is 2.12. The zero-order valence-electron chi connectivity index (χ0n) is 19.6. The Hall–Kier alpha value is -4.56. The zero-order chi connectivity index (χ0) is 23.6. The minimum atomic E-state index is 1.06. The van der Waals surface area contributed by atoms with Gasteiger partial charge >= 0.3 is 0 Å². The van der Waals surface area contributed by atoms with Crippen molar-refractivity contribution in [3.63, 3.8) is 0 Å². The van der Waals surface area contributed by atoms with Gasteiger partial charge in [-0.1, -0.05) is 66.2 Å². The summed E-state index contributed by atoms with van der Waals surface area (Å²) in [4.78, 5) is 2.28. The molecule has 0 fully saturated rings. The molecule has 2 heteroatoms. The molecule has 0 aliphatic carbocycles. The van der Waals surface area contributed by atoms with Crippen LogP contribution in [-0.4, -0.2) is 0 Å². The van der Waals surface area contributed by atoms with Gasteiger partial charge in [0.1, 0.15) is 0 Å². The van der Waals surface area contributed by atoms with E-state index in [4.69, 9.17) is 0 Å². The van der Waals surface area contributed by atoms with Crippen LogP contribution in [0.2, 0.25) is 0 Å². The fourth-order valence-electron chi connectivity index (χ4n) is 4.60. The second-order valence-electron chi connectivity index (χ2n) is 8.94. The maximum atomic E-state index is 3.58. The SMILES string of the molecule is Cc1ccc(N(c2ccccc2)c2ccc(Nc3ccc4cc5ccccc5cc4c3)cc2)cc1. The molecule has 0 unspecified atom stereocenters. The summed E-state index contributed by atoms with van der Waals surface area (Å²) in [6, 6.07) is 47.4. The van der Waals surface area contributed by atoms with Gasteiger partial charge in [0, 0.05) is 28.4 Å². The van der Waals surface area contributed by atoms with Gasteiger partial charge in [-0.05, 0) is 101 Å². The summed E-state index contributed by atoms with van der Waals surface area (Å²) in [7, 11) is 0. The maximum Gasteiger partial charge on any atom is 0.0463 e. The number of anilines is 5. The second kappa shape index (κ2) is 9.00. The number of rotatable bonds is 5. The molecule has 6 aromatic carbocycles. The van der Waals surface area contributed by atoms with E-state index < -0.39 is 0 Å². The van der Waals surface area contributed by atoms with Gasteiger partial charge in [-0.25, -0.2) is 0 Å². The highest BCUT2D eigenvalue weighted by Gasteiger charge is 2.12. The van der Waals surface area contributed by atoms with Crippen molar-refractivity contribution in [1.29, 1.82) is 0 Å². The van der Waals surface area contributed by atoms with Crippen LogP contribution in [0.4, 0.5) is 28.4 Å². The normalized spacial score (nSPS) is 11.0. The minimum Gasteiger partial charge on any atom is -0.356 e. The van der Waals surface area contributed by atoms with Crippen LogP contribution in [0.5, 0.6) is 0 Å². The molecule has 0 heterocycles. The molecule has 0 atom stereocenters. The Morgan fingerprint density at radius 3 is 1.63 bits per heavy atom. The van der Waals surface area contributed by atoms with E-state index in [9.17, 15) is 0 Å². The van der Waals surface area contributed by atoms with E-state index in [1.807, 2.05) is 0 Å². The molecule has 0 spiro atoms. The molecule has 1 N–H and O–H groups in total. The van der Waals surface area contributed by atoms with Crippen molar-refractivity contribution in [1.82, 2.24) is 0 Å². The summed E-state index contributed by atoms with van der Waals surface area (Å²) in [5.41, 5.74) is 6.80. The Labute approximate surface area is 206 Å². The fraction of sp³-hybridized carbons (Fsp3) is 0.0303. The molecule has 35 heavy (non-hydrogen) atoms. The van der Waals surface area contributed by atoms with E-state index in [2.05, 4.69) is 151 Å². The monoisotopic (exact) mass is 450 g/mol. The number of hydrogen-bond acceptors (Lipinski definition) is 2. The highest BCUT2D eigenvalue weighted by Crippen LogP contribution is 2.35. The lowest BCUT2D eigenvalue weighted by atomic mass is 10.0. The Kier molecular flexibility index (Phi) is 5.40. The van der Waals surface area contributed by atoms with Crippen molar-refractivity contribution in [2.45, 2.75) is 6.92 Å². The number of nitrogens with zero attached hydrogens (tertiary/aromatic N) is 1. The van der Waals surface area contributed by atoms with Gasteiger partial charge < -0.3 is 10.2 Å². The Morgan fingerprint density at radius 1 is 0.429 bits per heavy atom. The Balaban J connectivity index is 1.30. The van der Waals surface area contributed by atoms with E-state index >= 15 is 0 Å². The molecule has 0 bridgehead atoms. The number of aryl methyl sites for hydroxylation is 1. The van der Waals surface area contributed by atoms with E-state index in [0.717, 1.165) is 28.4 Å². The molecule has 168 valence electrons. The molecule has 0 aromatic heterocycles. The van der Waals surface area contributed by atoms with Gasteiger partial charge in [-0.3, -0.25) is 0 Å². The minimum absolute atomic E-state index is 1.06. The molecule has 0 radical (unpaired) electrons. The highest BCUT2D eigenvalue weighted by molar-refractivity contribution is 5.99. The lowest BCUT2D eigenvalue weighted by molar-refractivity contribution is 1.27. The first-order valence-corrected chi connectivity index (χ1v) is 11.9. The first-order chi connectivity index (χ1) is 17.2. The van der Waals surface area contributed by atoms with Gasteiger partial charge in [-0.2, -0.15) is 0 Å². The smallest absolute Gasteiger partial charge is 0.0463 e. The van der Waals surface area contributed by atoms with Crippen molar-refractivity contribution in [2.75, 3.05) is 10.2 Å². The lowest BCUT2D eigenvalue weighted by Crippen LogP contribution is -2.09. The summed E-state index contributed by atoms with van der Waals surface area (Å²) >= 11 is 0. The molecular weight excluding hydrogens is 424 g/mol. The number of fused-ring (bicyclic) bond motifs is 2. The van der Waals surface area contributed by atoms with Crippen LogP contribution in [0, 0.1) is 6.92 Å². The predicted molar refractivity (Wildman–Crippen MR) is 151 cm³/mol. The van der Waals surface area contributed by atoms with Crippen LogP contribution in [-0.2, 0) is 0 Å². The first-order valence-electron chi connectivity index (χ1n) is 11.9. The van der Waals surface area contributed by atoms with Crippen molar-refractivity contribution in [3.8, 4) is 0 Å². The van der Waals surface area contributed by atoms with Crippen LogP contribution in [0.15, 0.2) is 133 Å². The average molecular weight is 451 g/mol. The number of nitrogens with one attached hydrogen (secondary N) is 1. The van der Waals surface area contributed by atoms with E-state index in [1.54, 1.807) is 0 Å². The van der Waals surface area contributed by atoms with Crippen molar-refractivity contribution in [2.24, 2.45) is 0 Å². The van der Waals surface area contributed by atoms with Gasteiger partial charge in [0.25, 0.3) is 0 Å². The topological polar surface area (TPSA) is 15.3 Å². The lowest BCUT2D eigenvalue weighted by Gasteiger charge is -2.25. The number of benzene rings is 6. The van der Waals surface area contributed by atoms with Gasteiger partial charge in [0.2, 0.25) is 0 Å². The third-order valence-corrected chi connectivity index (χ3v) is 6.43. The van der Waals surface area contributed by atoms with Crippen LogP contribution < -0.4 is 10.2 Å². The second-order valence-corrected chi connectivity index (χ2v) is 8.94. The standard InChI is InChI=1S/C33H26N2/c1-24-11-17-32(18-12-24)35(31-9-3-2-4-10-31)33-19-15-29(16-20-33)34-30-14-13-27-21-25-7-5-6-8-26(25)22-28(27)23-30/h2-23,34H,1H3. The molecule has 6 rings (SSSR count). The van der Waals surface area contributed by atoms with Crippen LogP contribution in [0.3, 0.4) is 0 Å². The van der Waals surface area contributed by atoms with Crippen molar-refractivity contribution in [3.05, 3.63) is 139 Å². The molecule has 0 amide bonds. The third kappa shape index (κ3) is 4.34. The molecular formula is C33H26N2. The largest absolute Gasteiger partial charge is 0.356 e. The predicted octanol–water partition coefficient (Wildman–Crippen LogP) is 9.51. The molecule has 0 aliphatic heterocycles. The molecule has 0 aliphatic rings. The van der Waals surface area contributed by atoms with Gasteiger partial charge in [0.05, 0.1) is 0 Å². The first kappa shape index (κ1) is 21.0. The number of para-hydroxylation sites is 1. The van der Waals surface area contributed by atoms with Crippen molar-refractivity contribution < 1.29 is 0 Å². The average Bonchev–Trinajstić information content (AvgIpc) is 2.90. The van der Waals surface area contributed by atoms with Gasteiger partial charge in [-0.15, -0.1) is 0 Å². The Bertz CT molecular complexity index is 1600. The van der Waals surface area contributed by atoms with E-state index in [-0.39, 0.29) is 0 Å². The summed E-state index contributed by atoms with van der Waals surface area (Å²) in [5.74, 6) is 0. The third-order valence-electron chi connectivity index (χ3n) is 6.43. The van der Waals surface area contributed by atoms with Crippen LogP contribution in [0.1, 0.15) is 5.56 Å². The zero-order valence-corrected chi connectivity index (χ0v) is 19.6. The van der Waals surface area contributed by atoms with Crippen molar-refractivity contribution >= 4 is 50.0 Å². The quantitative estimate of drug-likeness (QED) is 0.263. The number of hydrogen-bond donors (Lipinski definition) is 1.